The number of carbonyl (C=O) groups excluding carboxylic acids is 2. The van der Waals surface area contributed by atoms with Gasteiger partial charge in [-0.15, -0.1) is 0 Å². The summed E-state index contributed by atoms with van der Waals surface area (Å²) in [6.07, 6.45) is 1.90. The maximum atomic E-state index is 13.7. The van der Waals surface area contributed by atoms with Crippen LogP contribution >= 0.6 is 0 Å². The van der Waals surface area contributed by atoms with E-state index in [1.807, 2.05) is 60.7 Å². The number of hydrogen-bond donors (Lipinski definition) is 0. The molecule has 2 amide bonds. The van der Waals surface area contributed by atoms with E-state index in [-0.39, 0.29) is 24.5 Å². The van der Waals surface area contributed by atoms with E-state index in [9.17, 15) is 9.59 Å². The molecule has 3 aromatic rings. The van der Waals surface area contributed by atoms with Crippen molar-refractivity contribution in [2.24, 2.45) is 0 Å². The Morgan fingerprint density at radius 2 is 1.81 bits per heavy atom. The monoisotopic (exact) mass is 429 g/mol. The number of carbonyl (C=O) groups is 2. The van der Waals surface area contributed by atoms with Gasteiger partial charge in [0, 0.05) is 12.6 Å². The van der Waals surface area contributed by atoms with Gasteiger partial charge in [-0.05, 0) is 36.4 Å². The number of ether oxygens (including phenoxy) is 2. The second-order valence-corrected chi connectivity index (χ2v) is 7.85. The summed E-state index contributed by atoms with van der Waals surface area (Å²) in [5, 5.41) is 0. The topological polar surface area (TPSA) is 72.0 Å². The number of amides is 2. The molecule has 2 aliphatic rings. The van der Waals surface area contributed by atoms with E-state index in [0.29, 0.717) is 36.7 Å². The number of para-hydroxylation sites is 3. The zero-order chi connectivity index (χ0) is 21.9. The quantitative estimate of drug-likeness (QED) is 0.623. The number of benzene rings is 2. The molecule has 1 saturated heterocycles. The van der Waals surface area contributed by atoms with Crippen LogP contribution in [-0.2, 0) is 16.1 Å². The Bertz CT molecular complexity index is 1100. The molecule has 0 spiro atoms. The van der Waals surface area contributed by atoms with Crippen molar-refractivity contribution >= 4 is 17.5 Å². The molecule has 7 nitrogen and oxygen atoms in total. The Labute approximate surface area is 186 Å². The molecule has 2 bridgehead atoms. The second-order valence-electron chi connectivity index (χ2n) is 7.85. The highest BCUT2D eigenvalue weighted by atomic mass is 16.5. The molecule has 0 radical (unpaired) electrons. The summed E-state index contributed by atoms with van der Waals surface area (Å²) < 4.78 is 11.9. The van der Waals surface area contributed by atoms with Crippen LogP contribution in [0.5, 0.6) is 11.5 Å². The smallest absolute Gasteiger partial charge is 0.261 e. The highest BCUT2D eigenvalue weighted by Gasteiger charge is 2.45. The van der Waals surface area contributed by atoms with Crippen molar-refractivity contribution in [3.63, 3.8) is 0 Å². The van der Waals surface area contributed by atoms with E-state index in [4.69, 9.17) is 9.47 Å². The number of anilines is 1. The molecule has 2 aromatic carbocycles. The van der Waals surface area contributed by atoms with Gasteiger partial charge in [-0.3, -0.25) is 14.6 Å². The number of hydrogen-bond acceptors (Lipinski definition) is 5. The van der Waals surface area contributed by atoms with E-state index in [0.717, 1.165) is 5.69 Å². The molecule has 2 atom stereocenters. The standard InChI is InChI=1S/C25H23N3O4/c29-24(17-31-19-9-2-1-3-10-19)27-16-20-14-22(27)25(30)28(15-18-8-6-7-13-26-18)21-11-4-5-12-23(21)32-20/h1-13,20,22H,14-17H2/t20-,22-/m0/s1. The Morgan fingerprint density at radius 3 is 2.62 bits per heavy atom. The van der Waals surface area contributed by atoms with Gasteiger partial charge in [0.05, 0.1) is 24.5 Å². The number of nitrogens with zero attached hydrogens (tertiary/aromatic N) is 3. The largest absolute Gasteiger partial charge is 0.486 e. The first-order valence-corrected chi connectivity index (χ1v) is 10.6. The van der Waals surface area contributed by atoms with Crippen LogP contribution in [0.15, 0.2) is 79.0 Å². The number of fused-ring (bicyclic) bond motifs is 3. The lowest BCUT2D eigenvalue weighted by Gasteiger charge is -2.31. The van der Waals surface area contributed by atoms with E-state index < -0.39 is 6.04 Å². The first kappa shape index (κ1) is 20.1. The van der Waals surface area contributed by atoms with Gasteiger partial charge in [0.1, 0.15) is 23.6 Å². The lowest BCUT2D eigenvalue weighted by atomic mass is 10.1. The Hall–Kier alpha value is -3.87. The molecule has 162 valence electrons. The molecule has 1 aromatic heterocycles. The fourth-order valence-electron chi connectivity index (χ4n) is 4.21. The Balaban J connectivity index is 1.41. The third-order valence-corrected chi connectivity index (χ3v) is 5.74. The highest BCUT2D eigenvalue weighted by molar-refractivity contribution is 6.01. The minimum absolute atomic E-state index is 0.131. The fraction of sp³-hybridized carbons (Fsp3) is 0.240. The normalized spacial score (nSPS) is 19.6. The average molecular weight is 429 g/mol. The van der Waals surface area contributed by atoms with Crippen molar-refractivity contribution in [3.05, 3.63) is 84.7 Å². The van der Waals surface area contributed by atoms with Crippen LogP contribution in [0, 0.1) is 0 Å². The van der Waals surface area contributed by atoms with Crippen LogP contribution in [0.1, 0.15) is 12.1 Å². The Kier molecular flexibility index (Phi) is 5.46. The van der Waals surface area contributed by atoms with Crippen molar-refractivity contribution in [2.75, 3.05) is 18.1 Å². The van der Waals surface area contributed by atoms with E-state index >= 15 is 0 Å². The van der Waals surface area contributed by atoms with Crippen LogP contribution in [0.2, 0.25) is 0 Å². The molecule has 3 heterocycles. The van der Waals surface area contributed by atoms with Crippen LogP contribution < -0.4 is 14.4 Å². The molecular weight excluding hydrogens is 406 g/mol. The molecule has 5 rings (SSSR count). The summed E-state index contributed by atoms with van der Waals surface area (Å²) in [7, 11) is 0. The summed E-state index contributed by atoms with van der Waals surface area (Å²) in [6, 6.07) is 21.7. The van der Waals surface area contributed by atoms with Crippen molar-refractivity contribution in [1.82, 2.24) is 9.88 Å². The number of aromatic nitrogens is 1. The molecule has 32 heavy (non-hydrogen) atoms. The lowest BCUT2D eigenvalue weighted by Crippen LogP contribution is -2.49. The van der Waals surface area contributed by atoms with Crippen molar-refractivity contribution in [2.45, 2.75) is 25.1 Å². The number of rotatable bonds is 5. The average Bonchev–Trinajstić information content (AvgIpc) is 3.27. The van der Waals surface area contributed by atoms with E-state index in [2.05, 4.69) is 4.98 Å². The van der Waals surface area contributed by atoms with E-state index in [1.54, 1.807) is 28.1 Å². The van der Waals surface area contributed by atoms with Gasteiger partial charge in [0.2, 0.25) is 5.91 Å². The SMILES string of the molecule is O=C1[C@@H]2C[C@@H](CN2C(=O)COc2ccccc2)Oc2ccccc2N1Cc1ccccn1. The van der Waals surface area contributed by atoms with Crippen molar-refractivity contribution in [1.29, 1.82) is 0 Å². The van der Waals surface area contributed by atoms with Gasteiger partial charge in [-0.1, -0.05) is 36.4 Å². The minimum Gasteiger partial charge on any atom is -0.486 e. The van der Waals surface area contributed by atoms with E-state index in [1.165, 1.54) is 0 Å². The second kappa shape index (κ2) is 8.70. The predicted octanol–water partition coefficient (Wildman–Crippen LogP) is 3.06. The third-order valence-electron chi connectivity index (χ3n) is 5.74. The first-order chi connectivity index (χ1) is 15.7. The van der Waals surface area contributed by atoms with Crippen LogP contribution in [0.4, 0.5) is 5.69 Å². The molecule has 0 unspecified atom stereocenters. The fourth-order valence-corrected chi connectivity index (χ4v) is 4.21. The van der Waals surface area contributed by atoms with Gasteiger partial charge in [0.15, 0.2) is 6.61 Å². The van der Waals surface area contributed by atoms with Gasteiger partial charge in [0.25, 0.3) is 5.91 Å². The zero-order valence-electron chi connectivity index (χ0n) is 17.5. The number of pyridine rings is 1. The molecule has 0 aliphatic carbocycles. The van der Waals surface area contributed by atoms with Gasteiger partial charge < -0.3 is 19.3 Å². The molecular formula is C25H23N3O4. The van der Waals surface area contributed by atoms with Crippen LogP contribution in [0.25, 0.3) is 0 Å². The number of likely N-dealkylation sites (tertiary alicyclic amines) is 1. The highest BCUT2D eigenvalue weighted by Crippen LogP contribution is 2.36. The molecule has 7 heteroatoms. The van der Waals surface area contributed by atoms with Gasteiger partial charge in [-0.2, -0.15) is 0 Å². The van der Waals surface area contributed by atoms with Gasteiger partial charge in [-0.25, -0.2) is 0 Å². The Morgan fingerprint density at radius 1 is 1.03 bits per heavy atom. The maximum absolute atomic E-state index is 13.7. The lowest BCUT2D eigenvalue weighted by molar-refractivity contribution is -0.139. The minimum atomic E-state index is -0.607. The van der Waals surface area contributed by atoms with Crippen molar-refractivity contribution in [3.8, 4) is 11.5 Å². The van der Waals surface area contributed by atoms with Gasteiger partial charge >= 0.3 is 0 Å². The summed E-state index contributed by atoms with van der Waals surface area (Å²) in [6.45, 7) is 0.511. The predicted molar refractivity (Wildman–Crippen MR) is 118 cm³/mol. The summed E-state index contributed by atoms with van der Waals surface area (Å²) in [5.74, 6) is 0.878. The zero-order valence-corrected chi connectivity index (χ0v) is 17.5. The molecule has 2 aliphatic heterocycles. The van der Waals surface area contributed by atoms with Crippen molar-refractivity contribution < 1.29 is 19.1 Å². The van der Waals surface area contributed by atoms with Crippen LogP contribution in [0.3, 0.4) is 0 Å². The molecule has 1 fully saturated rings. The first-order valence-electron chi connectivity index (χ1n) is 10.6. The van der Waals surface area contributed by atoms with Crippen LogP contribution in [-0.4, -0.2) is 47.0 Å². The summed E-state index contributed by atoms with van der Waals surface area (Å²) in [5.41, 5.74) is 1.45. The molecule has 0 N–H and O–H groups in total. The summed E-state index contributed by atoms with van der Waals surface area (Å²) >= 11 is 0. The summed E-state index contributed by atoms with van der Waals surface area (Å²) in [4.78, 5) is 34.4. The maximum Gasteiger partial charge on any atom is 0.261 e. The third kappa shape index (κ3) is 4.01. The molecule has 0 saturated carbocycles.